The van der Waals surface area contributed by atoms with Crippen LogP contribution in [0.3, 0.4) is 0 Å². The number of fused-ring (bicyclic) bond motifs is 3. The molecular weight excluding hydrogens is 455 g/mol. The number of hydrogen-bond donors (Lipinski definition) is 3. The van der Waals surface area contributed by atoms with Crippen LogP contribution in [0.4, 0.5) is 14.9 Å². The summed E-state index contributed by atoms with van der Waals surface area (Å²) in [5.74, 6) is -3.43. The lowest BCUT2D eigenvalue weighted by molar-refractivity contribution is -0.137. The van der Waals surface area contributed by atoms with E-state index in [1.165, 1.54) is 18.2 Å². The molecule has 8 nitrogen and oxygen atoms in total. The van der Waals surface area contributed by atoms with E-state index in [9.17, 15) is 14.4 Å². The summed E-state index contributed by atoms with van der Waals surface area (Å²) < 4.78 is 20.4. The van der Waals surface area contributed by atoms with Crippen molar-refractivity contribution >= 4 is 23.7 Å². The molecule has 3 aromatic carbocycles. The number of ether oxygens (including phenoxy) is 1. The van der Waals surface area contributed by atoms with E-state index >= 15 is 4.39 Å². The van der Waals surface area contributed by atoms with Crippen LogP contribution in [0.25, 0.3) is 11.1 Å². The maximum Gasteiger partial charge on any atom is 0.411 e. The largest absolute Gasteiger partial charge is 0.480 e. The maximum atomic E-state index is 15.0. The zero-order valence-electron chi connectivity index (χ0n) is 18.6. The zero-order chi connectivity index (χ0) is 24.9. The third-order valence-electron chi connectivity index (χ3n) is 5.79. The summed E-state index contributed by atoms with van der Waals surface area (Å²) in [6, 6.07) is 19.5. The molecule has 0 atom stereocenters. The molecule has 3 aromatic rings. The Kier molecular flexibility index (Phi) is 7.07. The number of nitrogens with zero attached hydrogens (tertiary/aromatic N) is 1. The molecule has 0 aliphatic heterocycles. The molecule has 0 aromatic heterocycles. The van der Waals surface area contributed by atoms with Gasteiger partial charge in [0.1, 0.15) is 13.2 Å². The SMILES string of the molecule is O=C(O)CN(CCO)C(=O)c1cccc(NC(=O)OCC2c3ccccc3-c3ccccc32)c1F. The summed E-state index contributed by atoms with van der Waals surface area (Å²) in [5, 5.41) is 20.4. The number of benzene rings is 3. The first-order valence-corrected chi connectivity index (χ1v) is 10.9. The predicted octanol–water partition coefficient (Wildman–Crippen LogP) is 3.71. The number of rotatable bonds is 8. The second kappa shape index (κ2) is 10.4. The average Bonchev–Trinajstić information content (AvgIpc) is 3.17. The second-order valence-electron chi connectivity index (χ2n) is 7.96. The number of anilines is 1. The minimum absolute atomic E-state index is 0.0307. The Morgan fingerprint density at radius 1 is 0.943 bits per heavy atom. The first kappa shape index (κ1) is 23.9. The van der Waals surface area contributed by atoms with Crippen molar-refractivity contribution in [3.63, 3.8) is 0 Å². The third kappa shape index (κ3) is 4.99. The van der Waals surface area contributed by atoms with Crippen molar-refractivity contribution in [2.45, 2.75) is 5.92 Å². The minimum atomic E-state index is -1.31. The number of hydrogen-bond acceptors (Lipinski definition) is 5. The molecule has 9 heteroatoms. The molecule has 0 fully saturated rings. The molecule has 35 heavy (non-hydrogen) atoms. The number of nitrogens with one attached hydrogen (secondary N) is 1. The van der Waals surface area contributed by atoms with Crippen LogP contribution in [0.1, 0.15) is 27.4 Å². The van der Waals surface area contributed by atoms with Crippen LogP contribution in [0.5, 0.6) is 0 Å². The van der Waals surface area contributed by atoms with Crippen LogP contribution in [-0.2, 0) is 9.53 Å². The fourth-order valence-corrected chi connectivity index (χ4v) is 4.24. The van der Waals surface area contributed by atoms with Gasteiger partial charge in [0.25, 0.3) is 5.91 Å². The van der Waals surface area contributed by atoms with E-state index in [0.717, 1.165) is 27.2 Å². The highest BCUT2D eigenvalue weighted by atomic mass is 19.1. The van der Waals surface area contributed by atoms with Crippen LogP contribution < -0.4 is 5.32 Å². The van der Waals surface area contributed by atoms with Gasteiger partial charge >= 0.3 is 12.1 Å². The summed E-state index contributed by atoms with van der Waals surface area (Å²) in [6.07, 6.45) is -0.895. The first-order valence-electron chi connectivity index (χ1n) is 10.9. The van der Waals surface area contributed by atoms with E-state index in [-0.39, 0.29) is 24.8 Å². The summed E-state index contributed by atoms with van der Waals surface area (Å²) in [5.41, 5.74) is 3.49. The lowest BCUT2D eigenvalue weighted by atomic mass is 9.98. The van der Waals surface area contributed by atoms with E-state index in [2.05, 4.69) is 5.32 Å². The molecule has 0 heterocycles. The Bertz CT molecular complexity index is 1230. The number of carbonyl (C=O) groups is 3. The summed E-state index contributed by atoms with van der Waals surface area (Å²) in [6.45, 7) is -1.45. The first-order chi connectivity index (χ1) is 16.9. The van der Waals surface area contributed by atoms with Gasteiger partial charge in [-0.2, -0.15) is 0 Å². The van der Waals surface area contributed by atoms with Crippen LogP contribution in [0.2, 0.25) is 0 Å². The quantitative estimate of drug-likeness (QED) is 0.455. The maximum absolute atomic E-state index is 15.0. The molecule has 0 bridgehead atoms. The number of carboxylic acid groups (broad SMARTS) is 1. The lowest BCUT2D eigenvalue weighted by Gasteiger charge is -2.20. The molecule has 0 saturated carbocycles. The van der Waals surface area contributed by atoms with Crippen molar-refractivity contribution in [2.75, 3.05) is 31.6 Å². The molecule has 0 unspecified atom stereocenters. The van der Waals surface area contributed by atoms with Crippen LogP contribution in [0, 0.1) is 5.82 Å². The van der Waals surface area contributed by atoms with Gasteiger partial charge < -0.3 is 19.8 Å². The third-order valence-corrected chi connectivity index (χ3v) is 5.79. The van der Waals surface area contributed by atoms with Gasteiger partial charge in [0.05, 0.1) is 17.9 Å². The Labute approximate surface area is 200 Å². The van der Waals surface area contributed by atoms with Gasteiger partial charge in [0.15, 0.2) is 5.82 Å². The van der Waals surface area contributed by atoms with Gasteiger partial charge in [-0.1, -0.05) is 54.6 Å². The number of carboxylic acids is 1. The molecule has 4 rings (SSSR count). The summed E-state index contributed by atoms with van der Waals surface area (Å²) >= 11 is 0. The number of halogens is 1. The zero-order valence-corrected chi connectivity index (χ0v) is 18.6. The van der Waals surface area contributed by atoms with Gasteiger partial charge in [-0.15, -0.1) is 0 Å². The number of carbonyl (C=O) groups excluding carboxylic acids is 2. The standard InChI is InChI=1S/C26H23FN2O6/c27-24-20(25(33)29(12-13-30)14-23(31)32)10-5-11-22(24)28-26(34)35-15-21-18-8-3-1-6-16(18)17-7-2-4-9-19(17)21/h1-11,21,30H,12-15H2,(H,28,34)(H,31,32). The Morgan fingerprint density at radius 3 is 2.17 bits per heavy atom. The molecule has 2 amide bonds. The van der Waals surface area contributed by atoms with Crippen molar-refractivity contribution < 1.29 is 33.7 Å². The fraction of sp³-hybridized carbons (Fsp3) is 0.192. The number of aliphatic carboxylic acids is 1. The van der Waals surface area contributed by atoms with Crippen LogP contribution in [-0.4, -0.2) is 59.4 Å². The van der Waals surface area contributed by atoms with Crippen molar-refractivity contribution in [1.82, 2.24) is 4.90 Å². The highest BCUT2D eigenvalue weighted by Gasteiger charge is 2.29. The van der Waals surface area contributed by atoms with E-state index in [0.29, 0.717) is 0 Å². The highest BCUT2D eigenvalue weighted by Crippen LogP contribution is 2.44. The Hall–Kier alpha value is -4.24. The van der Waals surface area contributed by atoms with Gasteiger partial charge in [0, 0.05) is 12.5 Å². The van der Waals surface area contributed by atoms with Crippen molar-refractivity contribution in [3.05, 3.63) is 89.2 Å². The van der Waals surface area contributed by atoms with Crippen molar-refractivity contribution in [2.24, 2.45) is 0 Å². The van der Waals surface area contributed by atoms with Crippen LogP contribution >= 0.6 is 0 Å². The van der Waals surface area contributed by atoms with Crippen LogP contribution in [0.15, 0.2) is 66.7 Å². The fourth-order valence-electron chi connectivity index (χ4n) is 4.24. The van der Waals surface area contributed by atoms with Gasteiger partial charge in [-0.25, -0.2) is 9.18 Å². The average molecular weight is 478 g/mol. The molecule has 0 spiro atoms. The van der Waals surface area contributed by atoms with E-state index < -0.39 is 42.5 Å². The predicted molar refractivity (Wildman–Crippen MR) is 126 cm³/mol. The van der Waals surface area contributed by atoms with Crippen molar-refractivity contribution in [3.8, 4) is 11.1 Å². The number of aliphatic hydroxyl groups excluding tert-OH is 1. The molecule has 1 aliphatic rings. The normalized spacial score (nSPS) is 11.9. The molecular formula is C26H23FN2O6. The molecule has 0 radical (unpaired) electrons. The summed E-state index contributed by atoms with van der Waals surface area (Å²) in [7, 11) is 0. The highest BCUT2D eigenvalue weighted by molar-refractivity contribution is 5.98. The smallest absolute Gasteiger partial charge is 0.411 e. The topological polar surface area (TPSA) is 116 Å². The molecule has 0 saturated heterocycles. The molecule has 3 N–H and O–H groups in total. The number of amides is 2. The van der Waals surface area contributed by atoms with E-state index in [1.54, 1.807) is 0 Å². The van der Waals surface area contributed by atoms with Gasteiger partial charge in [0.2, 0.25) is 0 Å². The Morgan fingerprint density at radius 2 is 1.57 bits per heavy atom. The lowest BCUT2D eigenvalue weighted by Crippen LogP contribution is -2.38. The van der Waals surface area contributed by atoms with E-state index in [1.807, 2.05) is 48.5 Å². The van der Waals surface area contributed by atoms with E-state index in [4.69, 9.17) is 14.9 Å². The van der Waals surface area contributed by atoms with Gasteiger partial charge in [-0.05, 0) is 34.4 Å². The second-order valence-corrected chi connectivity index (χ2v) is 7.96. The van der Waals surface area contributed by atoms with Crippen molar-refractivity contribution in [1.29, 1.82) is 0 Å². The number of aliphatic hydroxyl groups is 1. The Balaban J connectivity index is 1.47. The minimum Gasteiger partial charge on any atom is -0.480 e. The molecule has 1 aliphatic carbocycles. The monoisotopic (exact) mass is 478 g/mol. The molecule has 180 valence electrons. The van der Waals surface area contributed by atoms with Gasteiger partial charge in [-0.3, -0.25) is 14.9 Å². The summed E-state index contributed by atoms with van der Waals surface area (Å²) in [4.78, 5) is 36.9.